The fourth-order valence-electron chi connectivity index (χ4n) is 2.02. The molecule has 0 amide bonds. The Bertz CT molecular complexity index is 357. The number of aromatic nitrogens is 2. The molecule has 1 aromatic heterocycles. The second-order valence-electron chi connectivity index (χ2n) is 5.34. The van der Waals surface area contributed by atoms with Crippen molar-refractivity contribution in [2.24, 2.45) is 0 Å². The molecule has 1 fully saturated rings. The molecule has 1 aliphatic rings. The summed E-state index contributed by atoms with van der Waals surface area (Å²) in [5, 5.41) is 12.0. The third-order valence-electron chi connectivity index (χ3n) is 3.14. The maximum absolute atomic E-state index is 4.37. The lowest BCUT2D eigenvalue weighted by molar-refractivity contribution is 0.577. The second kappa shape index (κ2) is 6.14. The molecule has 0 radical (unpaired) electrons. The van der Waals surface area contributed by atoms with Crippen molar-refractivity contribution in [2.75, 3.05) is 11.4 Å². The van der Waals surface area contributed by atoms with Crippen LogP contribution >= 0.6 is 0 Å². The minimum absolute atomic E-state index is 0.481. The van der Waals surface area contributed by atoms with Gasteiger partial charge >= 0.3 is 0 Å². The van der Waals surface area contributed by atoms with E-state index in [-0.39, 0.29) is 0 Å². The van der Waals surface area contributed by atoms with Crippen LogP contribution in [0.4, 0.5) is 5.82 Å². The summed E-state index contributed by atoms with van der Waals surface area (Å²) in [6, 6.07) is 5.38. The first kappa shape index (κ1) is 13.3. The van der Waals surface area contributed by atoms with Crippen LogP contribution in [0.15, 0.2) is 12.1 Å². The maximum Gasteiger partial charge on any atom is 0.151 e. The van der Waals surface area contributed by atoms with E-state index in [1.807, 2.05) is 0 Å². The minimum atomic E-state index is 0.481. The van der Waals surface area contributed by atoms with Gasteiger partial charge in [0, 0.05) is 25.2 Å². The molecule has 1 aliphatic carbocycles. The number of anilines is 1. The van der Waals surface area contributed by atoms with Gasteiger partial charge in [-0.15, -0.1) is 5.10 Å². The Balaban J connectivity index is 1.96. The SMILES string of the molecule is CCCN(c1ccc(CNC(C)C)nn1)C1CC1. The van der Waals surface area contributed by atoms with Gasteiger partial charge < -0.3 is 10.2 Å². The summed E-state index contributed by atoms with van der Waals surface area (Å²) < 4.78 is 0. The Labute approximate surface area is 110 Å². The highest BCUT2D eigenvalue weighted by Crippen LogP contribution is 2.30. The molecule has 0 spiro atoms. The number of nitrogens with one attached hydrogen (secondary N) is 1. The first-order chi connectivity index (χ1) is 8.70. The molecule has 0 aromatic carbocycles. The molecule has 18 heavy (non-hydrogen) atoms. The van der Waals surface area contributed by atoms with Crippen molar-refractivity contribution in [3.8, 4) is 0 Å². The highest BCUT2D eigenvalue weighted by Gasteiger charge is 2.29. The molecule has 1 aromatic rings. The van der Waals surface area contributed by atoms with E-state index < -0.39 is 0 Å². The Kier molecular flexibility index (Phi) is 4.53. The average molecular weight is 248 g/mol. The van der Waals surface area contributed by atoms with Crippen molar-refractivity contribution in [1.82, 2.24) is 15.5 Å². The summed E-state index contributed by atoms with van der Waals surface area (Å²) in [6.45, 7) is 8.37. The molecular formula is C14H24N4. The molecule has 1 saturated carbocycles. The van der Waals surface area contributed by atoms with Crippen LogP contribution in [-0.4, -0.2) is 28.8 Å². The zero-order valence-corrected chi connectivity index (χ0v) is 11.7. The van der Waals surface area contributed by atoms with Gasteiger partial charge in [-0.3, -0.25) is 0 Å². The minimum Gasteiger partial charge on any atom is -0.352 e. The molecule has 0 saturated heterocycles. The van der Waals surface area contributed by atoms with E-state index in [0.29, 0.717) is 12.1 Å². The highest BCUT2D eigenvalue weighted by atomic mass is 15.3. The Hall–Kier alpha value is -1.16. The van der Waals surface area contributed by atoms with Crippen LogP contribution < -0.4 is 10.2 Å². The van der Waals surface area contributed by atoms with Gasteiger partial charge in [-0.2, -0.15) is 5.10 Å². The largest absolute Gasteiger partial charge is 0.352 e. The lowest BCUT2D eigenvalue weighted by atomic mass is 10.3. The van der Waals surface area contributed by atoms with Crippen LogP contribution in [0.3, 0.4) is 0 Å². The van der Waals surface area contributed by atoms with Crippen LogP contribution in [0.1, 0.15) is 45.7 Å². The van der Waals surface area contributed by atoms with Gasteiger partial charge in [-0.1, -0.05) is 20.8 Å². The molecule has 4 heteroatoms. The Morgan fingerprint density at radius 1 is 1.33 bits per heavy atom. The third kappa shape index (κ3) is 3.67. The molecule has 0 atom stereocenters. The highest BCUT2D eigenvalue weighted by molar-refractivity contribution is 5.40. The lowest BCUT2D eigenvalue weighted by Crippen LogP contribution is -2.28. The fraction of sp³-hybridized carbons (Fsp3) is 0.714. The molecule has 1 N–H and O–H groups in total. The quantitative estimate of drug-likeness (QED) is 0.804. The molecule has 0 bridgehead atoms. The van der Waals surface area contributed by atoms with Gasteiger partial charge in [-0.05, 0) is 31.4 Å². The van der Waals surface area contributed by atoms with E-state index in [1.54, 1.807) is 0 Å². The number of hydrogen-bond acceptors (Lipinski definition) is 4. The van der Waals surface area contributed by atoms with E-state index >= 15 is 0 Å². The molecule has 0 aliphatic heterocycles. The predicted octanol–water partition coefficient (Wildman–Crippen LogP) is 2.35. The van der Waals surface area contributed by atoms with E-state index in [2.05, 4.69) is 53.3 Å². The summed E-state index contributed by atoms with van der Waals surface area (Å²) in [6.07, 6.45) is 3.77. The number of rotatable bonds is 7. The summed E-state index contributed by atoms with van der Waals surface area (Å²) in [5.74, 6) is 1.03. The van der Waals surface area contributed by atoms with Crippen molar-refractivity contribution in [3.63, 3.8) is 0 Å². The average Bonchev–Trinajstić information content (AvgIpc) is 3.18. The van der Waals surface area contributed by atoms with Crippen LogP contribution in [0.25, 0.3) is 0 Å². The van der Waals surface area contributed by atoms with Gasteiger partial charge in [0.1, 0.15) is 0 Å². The summed E-state index contributed by atoms with van der Waals surface area (Å²) in [7, 11) is 0. The smallest absolute Gasteiger partial charge is 0.151 e. The van der Waals surface area contributed by atoms with Crippen LogP contribution in [0, 0.1) is 0 Å². The standard InChI is InChI=1S/C14H24N4/c1-4-9-18(13-6-7-13)14-8-5-12(16-17-14)10-15-11(2)3/h5,8,11,13,15H,4,6-7,9-10H2,1-3H3. The molecular weight excluding hydrogens is 224 g/mol. The van der Waals surface area contributed by atoms with Crippen LogP contribution in [-0.2, 0) is 6.54 Å². The Morgan fingerprint density at radius 2 is 2.11 bits per heavy atom. The number of nitrogens with zero attached hydrogens (tertiary/aromatic N) is 3. The van der Waals surface area contributed by atoms with Crippen molar-refractivity contribution in [3.05, 3.63) is 17.8 Å². The van der Waals surface area contributed by atoms with Crippen molar-refractivity contribution in [1.29, 1.82) is 0 Å². The van der Waals surface area contributed by atoms with E-state index in [1.165, 1.54) is 12.8 Å². The fourth-order valence-corrected chi connectivity index (χ4v) is 2.02. The van der Waals surface area contributed by atoms with Crippen LogP contribution in [0.2, 0.25) is 0 Å². The first-order valence-corrected chi connectivity index (χ1v) is 7.03. The third-order valence-corrected chi connectivity index (χ3v) is 3.14. The maximum atomic E-state index is 4.37. The van der Waals surface area contributed by atoms with Gasteiger partial charge in [0.15, 0.2) is 5.82 Å². The Morgan fingerprint density at radius 3 is 2.61 bits per heavy atom. The van der Waals surface area contributed by atoms with E-state index in [9.17, 15) is 0 Å². The second-order valence-corrected chi connectivity index (χ2v) is 5.34. The predicted molar refractivity (Wildman–Crippen MR) is 74.7 cm³/mol. The zero-order valence-electron chi connectivity index (χ0n) is 11.7. The van der Waals surface area contributed by atoms with Crippen molar-refractivity contribution in [2.45, 2.75) is 58.7 Å². The molecule has 0 unspecified atom stereocenters. The first-order valence-electron chi connectivity index (χ1n) is 7.03. The normalized spacial score (nSPS) is 15.1. The molecule has 1 heterocycles. The van der Waals surface area contributed by atoms with E-state index in [4.69, 9.17) is 0 Å². The molecule has 4 nitrogen and oxygen atoms in total. The zero-order chi connectivity index (χ0) is 13.0. The van der Waals surface area contributed by atoms with Gasteiger partial charge in [0.05, 0.1) is 5.69 Å². The summed E-state index contributed by atoms with van der Waals surface area (Å²) >= 11 is 0. The van der Waals surface area contributed by atoms with Crippen LogP contribution in [0.5, 0.6) is 0 Å². The number of hydrogen-bond donors (Lipinski definition) is 1. The molecule has 2 rings (SSSR count). The lowest BCUT2D eigenvalue weighted by Gasteiger charge is -2.22. The monoisotopic (exact) mass is 248 g/mol. The summed E-state index contributed by atoms with van der Waals surface area (Å²) in [5.41, 5.74) is 1.01. The topological polar surface area (TPSA) is 41.0 Å². The van der Waals surface area contributed by atoms with Gasteiger partial charge in [-0.25, -0.2) is 0 Å². The van der Waals surface area contributed by atoms with Crippen molar-refractivity contribution >= 4 is 5.82 Å². The van der Waals surface area contributed by atoms with Gasteiger partial charge in [0.2, 0.25) is 0 Å². The summed E-state index contributed by atoms with van der Waals surface area (Å²) in [4.78, 5) is 2.40. The van der Waals surface area contributed by atoms with Gasteiger partial charge in [0.25, 0.3) is 0 Å². The molecule has 100 valence electrons. The van der Waals surface area contributed by atoms with Crippen molar-refractivity contribution < 1.29 is 0 Å². The van der Waals surface area contributed by atoms with E-state index in [0.717, 1.165) is 31.0 Å².